The highest BCUT2D eigenvalue weighted by molar-refractivity contribution is 7.13. The molecule has 2 aromatic rings. The molecule has 88 valence electrons. The van der Waals surface area contributed by atoms with E-state index in [1.165, 1.54) is 11.3 Å². The van der Waals surface area contributed by atoms with Crippen LogP contribution in [0.3, 0.4) is 0 Å². The lowest BCUT2D eigenvalue weighted by Gasteiger charge is -2.20. The lowest BCUT2D eigenvalue weighted by molar-refractivity contribution is 0.170. The number of hydrogen-bond donors (Lipinski definition) is 1. The highest BCUT2D eigenvalue weighted by Gasteiger charge is 2.15. The number of nitrogens with zero attached hydrogens (tertiary/aromatic N) is 2. The number of para-hydroxylation sites is 1. The lowest BCUT2D eigenvalue weighted by atomic mass is 10.2. The summed E-state index contributed by atoms with van der Waals surface area (Å²) in [5, 5.41) is 11.7. The molecule has 1 N–H and O–H groups in total. The molecule has 5 nitrogen and oxygen atoms in total. The minimum atomic E-state index is 0.600. The SMILES string of the molecule is c1cc(CNc2nncs2)c2c(c1)OCCO2. The van der Waals surface area contributed by atoms with E-state index < -0.39 is 0 Å². The lowest BCUT2D eigenvalue weighted by Crippen LogP contribution is -2.17. The van der Waals surface area contributed by atoms with Gasteiger partial charge in [-0.05, 0) is 6.07 Å². The molecular formula is C11H11N3O2S. The molecule has 0 bridgehead atoms. The summed E-state index contributed by atoms with van der Waals surface area (Å²) in [6.07, 6.45) is 0. The van der Waals surface area contributed by atoms with Crippen LogP contribution in [0.15, 0.2) is 23.7 Å². The largest absolute Gasteiger partial charge is 0.486 e. The zero-order valence-electron chi connectivity index (χ0n) is 9.05. The van der Waals surface area contributed by atoms with E-state index in [1.54, 1.807) is 5.51 Å². The fourth-order valence-electron chi connectivity index (χ4n) is 1.69. The summed E-state index contributed by atoms with van der Waals surface area (Å²) < 4.78 is 11.1. The molecule has 0 radical (unpaired) electrons. The summed E-state index contributed by atoms with van der Waals surface area (Å²) in [6, 6.07) is 5.90. The van der Waals surface area contributed by atoms with E-state index in [0.717, 1.165) is 22.2 Å². The van der Waals surface area contributed by atoms with Gasteiger partial charge < -0.3 is 14.8 Å². The number of anilines is 1. The van der Waals surface area contributed by atoms with E-state index in [1.807, 2.05) is 18.2 Å². The predicted octanol–water partition coefficient (Wildman–Crippen LogP) is 1.92. The average molecular weight is 249 g/mol. The van der Waals surface area contributed by atoms with E-state index in [-0.39, 0.29) is 0 Å². The van der Waals surface area contributed by atoms with E-state index in [9.17, 15) is 0 Å². The van der Waals surface area contributed by atoms with Crippen molar-refractivity contribution in [2.75, 3.05) is 18.5 Å². The normalized spacial score (nSPS) is 13.4. The number of rotatable bonds is 3. The van der Waals surface area contributed by atoms with Crippen molar-refractivity contribution in [3.8, 4) is 11.5 Å². The van der Waals surface area contributed by atoms with Crippen molar-refractivity contribution >= 4 is 16.5 Å². The van der Waals surface area contributed by atoms with Gasteiger partial charge in [0.15, 0.2) is 11.5 Å². The molecule has 0 atom stereocenters. The number of fused-ring (bicyclic) bond motifs is 1. The molecular weight excluding hydrogens is 238 g/mol. The Morgan fingerprint density at radius 1 is 1.29 bits per heavy atom. The Labute approximate surface area is 102 Å². The van der Waals surface area contributed by atoms with Crippen LogP contribution in [0.4, 0.5) is 5.13 Å². The summed E-state index contributed by atoms with van der Waals surface area (Å²) >= 11 is 1.47. The Hall–Kier alpha value is -1.82. The smallest absolute Gasteiger partial charge is 0.205 e. The maximum absolute atomic E-state index is 5.63. The van der Waals surface area contributed by atoms with Crippen LogP contribution in [0.5, 0.6) is 11.5 Å². The number of nitrogens with one attached hydrogen (secondary N) is 1. The summed E-state index contributed by atoms with van der Waals surface area (Å²) in [5.74, 6) is 1.64. The summed E-state index contributed by atoms with van der Waals surface area (Å²) in [7, 11) is 0. The monoisotopic (exact) mass is 249 g/mol. The van der Waals surface area contributed by atoms with Crippen LogP contribution in [0, 0.1) is 0 Å². The number of ether oxygens (including phenoxy) is 2. The molecule has 0 spiro atoms. The van der Waals surface area contributed by atoms with Gasteiger partial charge in [-0.15, -0.1) is 10.2 Å². The van der Waals surface area contributed by atoms with Crippen LogP contribution < -0.4 is 14.8 Å². The first-order chi connectivity index (χ1) is 8.43. The highest BCUT2D eigenvalue weighted by atomic mass is 32.1. The van der Waals surface area contributed by atoms with Gasteiger partial charge in [-0.2, -0.15) is 0 Å². The van der Waals surface area contributed by atoms with Gasteiger partial charge in [-0.3, -0.25) is 0 Å². The molecule has 1 aromatic heterocycles. The van der Waals surface area contributed by atoms with Crippen LogP contribution in [-0.4, -0.2) is 23.4 Å². The van der Waals surface area contributed by atoms with E-state index >= 15 is 0 Å². The van der Waals surface area contributed by atoms with Gasteiger partial charge in [0, 0.05) is 12.1 Å². The Morgan fingerprint density at radius 3 is 3.12 bits per heavy atom. The molecule has 3 rings (SSSR count). The molecule has 1 aliphatic heterocycles. The predicted molar refractivity (Wildman–Crippen MR) is 64.7 cm³/mol. The first-order valence-corrected chi connectivity index (χ1v) is 6.19. The third-order valence-electron chi connectivity index (χ3n) is 2.44. The molecule has 0 saturated carbocycles. The van der Waals surface area contributed by atoms with E-state index in [4.69, 9.17) is 9.47 Å². The second-order valence-corrected chi connectivity index (χ2v) is 4.37. The number of hydrogen-bond acceptors (Lipinski definition) is 6. The molecule has 1 aromatic carbocycles. The number of benzene rings is 1. The van der Waals surface area contributed by atoms with Gasteiger partial charge in [0.2, 0.25) is 5.13 Å². The standard InChI is InChI=1S/C11H11N3O2S/c1-2-8(6-12-11-14-13-7-17-11)10-9(3-1)15-4-5-16-10/h1-3,7H,4-6H2,(H,12,14). The van der Waals surface area contributed by atoms with Crippen LogP contribution >= 0.6 is 11.3 Å². The first-order valence-electron chi connectivity index (χ1n) is 5.31. The average Bonchev–Trinajstić information content (AvgIpc) is 2.89. The summed E-state index contributed by atoms with van der Waals surface area (Å²) in [5.41, 5.74) is 2.76. The van der Waals surface area contributed by atoms with E-state index in [0.29, 0.717) is 19.8 Å². The number of aromatic nitrogens is 2. The van der Waals surface area contributed by atoms with Crippen molar-refractivity contribution < 1.29 is 9.47 Å². The minimum Gasteiger partial charge on any atom is -0.486 e. The van der Waals surface area contributed by atoms with Gasteiger partial charge in [0.1, 0.15) is 18.7 Å². The third kappa shape index (κ3) is 2.16. The fraction of sp³-hybridized carbons (Fsp3) is 0.273. The summed E-state index contributed by atoms with van der Waals surface area (Å²) in [6.45, 7) is 1.87. The maximum atomic E-state index is 5.63. The topological polar surface area (TPSA) is 56.3 Å². The van der Waals surface area contributed by atoms with E-state index in [2.05, 4.69) is 15.5 Å². The Balaban J connectivity index is 1.78. The molecule has 0 unspecified atom stereocenters. The Bertz CT molecular complexity index is 501. The Kier molecular flexibility index (Phi) is 2.79. The molecule has 1 aliphatic rings. The van der Waals surface area contributed by atoms with Crippen molar-refractivity contribution in [3.63, 3.8) is 0 Å². The van der Waals surface area contributed by atoms with Gasteiger partial charge in [0.25, 0.3) is 0 Å². The van der Waals surface area contributed by atoms with Crippen molar-refractivity contribution in [1.82, 2.24) is 10.2 Å². The van der Waals surface area contributed by atoms with Crippen LogP contribution in [-0.2, 0) is 6.54 Å². The zero-order chi connectivity index (χ0) is 11.5. The zero-order valence-corrected chi connectivity index (χ0v) is 9.87. The van der Waals surface area contributed by atoms with Crippen LogP contribution in [0.25, 0.3) is 0 Å². The van der Waals surface area contributed by atoms with Crippen molar-refractivity contribution in [1.29, 1.82) is 0 Å². The first kappa shape index (κ1) is 10.3. The molecule has 0 amide bonds. The van der Waals surface area contributed by atoms with Gasteiger partial charge >= 0.3 is 0 Å². The second-order valence-electron chi connectivity index (χ2n) is 3.54. The molecule has 0 fully saturated rings. The van der Waals surface area contributed by atoms with Gasteiger partial charge in [-0.1, -0.05) is 23.5 Å². The maximum Gasteiger partial charge on any atom is 0.205 e. The van der Waals surface area contributed by atoms with Gasteiger partial charge in [0.05, 0.1) is 0 Å². The van der Waals surface area contributed by atoms with Crippen molar-refractivity contribution in [2.45, 2.75) is 6.54 Å². The highest BCUT2D eigenvalue weighted by Crippen LogP contribution is 2.33. The third-order valence-corrected chi connectivity index (χ3v) is 3.09. The van der Waals surface area contributed by atoms with Gasteiger partial charge in [-0.25, -0.2) is 0 Å². The van der Waals surface area contributed by atoms with Crippen molar-refractivity contribution in [2.24, 2.45) is 0 Å². The van der Waals surface area contributed by atoms with Crippen molar-refractivity contribution in [3.05, 3.63) is 29.3 Å². The quantitative estimate of drug-likeness (QED) is 0.900. The molecule has 0 saturated heterocycles. The molecule has 0 aliphatic carbocycles. The Morgan fingerprint density at radius 2 is 2.24 bits per heavy atom. The van der Waals surface area contributed by atoms with Crippen LogP contribution in [0.2, 0.25) is 0 Å². The summed E-state index contributed by atoms with van der Waals surface area (Å²) in [4.78, 5) is 0. The van der Waals surface area contributed by atoms with Crippen LogP contribution in [0.1, 0.15) is 5.56 Å². The fourth-order valence-corrected chi connectivity index (χ4v) is 2.14. The molecule has 6 heteroatoms. The molecule has 17 heavy (non-hydrogen) atoms. The second kappa shape index (κ2) is 4.58. The molecule has 2 heterocycles. The minimum absolute atomic E-state index is 0.600.